The Balaban J connectivity index is 1.80. The fraction of sp³-hybridized carbons (Fsp3) is 0.278. The average Bonchev–Trinajstić information content (AvgIpc) is 2.99. The van der Waals surface area contributed by atoms with Gasteiger partial charge in [-0.1, -0.05) is 36.4 Å². The van der Waals surface area contributed by atoms with E-state index in [1.54, 1.807) is 0 Å². The Morgan fingerprint density at radius 1 is 1.18 bits per heavy atom. The molecule has 1 aliphatic rings. The van der Waals surface area contributed by atoms with Crippen LogP contribution in [0.15, 0.2) is 53.0 Å². The van der Waals surface area contributed by atoms with Crippen LogP contribution in [0.4, 0.5) is 10.5 Å². The predicted molar refractivity (Wildman–Crippen MR) is 93.0 cm³/mol. The van der Waals surface area contributed by atoms with Crippen LogP contribution in [0.25, 0.3) is 0 Å². The molecule has 3 rings (SSSR count). The number of hydrogen-bond donors (Lipinski definition) is 1. The van der Waals surface area contributed by atoms with E-state index in [1.807, 2.05) is 41.3 Å². The van der Waals surface area contributed by atoms with Gasteiger partial charge in [-0.2, -0.15) is 0 Å². The van der Waals surface area contributed by atoms with Gasteiger partial charge in [0, 0.05) is 11.0 Å². The average molecular weight is 359 g/mol. The zero-order valence-electron chi connectivity index (χ0n) is 12.6. The maximum absolute atomic E-state index is 12.7. The minimum Gasteiger partial charge on any atom is -0.317 e. The van der Waals surface area contributed by atoms with Crippen molar-refractivity contribution >= 4 is 27.6 Å². The third-order valence-corrected chi connectivity index (χ3v) is 4.87. The van der Waals surface area contributed by atoms with Crippen molar-refractivity contribution in [3.63, 3.8) is 0 Å². The summed E-state index contributed by atoms with van der Waals surface area (Å²) in [5.74, 6) is 0. The number of urea groups is 1. The number of aryl methyl sites for hydroxylation is 1. The van der Waals surface area contributed by atoms with Crippen molar-refractivity contribution in [3.05, 3.63) is 64.1 Å². The lowest BCUT2D eigenvalue weighted by atomic mass is 9.99. The van der Waals surface area contributed by atoms with Gasteiger partial charge in [-0.05, 0) is 59.0 Å². The summed E-state index contributed by atoms with van der Waals surface area (Å²) >= 11 is 3.47. The van der Waals surface area contributed by atoms with Crippen molar-refractivity contribution in [3.8, 4) is 0 Å². The van der Waals surface area contributed by atoms with Crippen LogP contribution < -0.4 is 5.32 Å². The molecule has 1 saturated heterocycles. The van der Waals surface area contributed by atoms with E-state index in [2.05, 4.69) is 40.3 Å². The molecular weight excluding hydrogens is 340 g/mol. The van der Waals surface area contributed by atoms with Gasteiger partial charge < -0.3 is 10.2 Å². The molecule has 0 spiro atoms. The first-order chi connectivity index (χ1) is 10.7. The van der Waals surface area contributed by atoms with Gasteiger partial charge in [0.15, 0.2) is 0 Å². The molecule has 4 heteroatoms. The highest BCUT2D eigenvalue weighted by atomic mass is 79.9. The van der Waals surface area contributed by atoms with Gasteiger partial charge in [-0.15, -0.1) is 0 Å². The van der Waals surface area contributed by atoms with Gasteiger partial charge in [-0.25, -0.2) is 4.79 Å². The number of amides is 2. The number of carbonyl (C=O) groups is 1. The zero-order chi connectivity index (χ0) is 15.5. The Morgan fingerprint density at radius 2 is 1.91 bits per heavy atom. The topological polar surface area (TPSA) is 32.3 Å². The summed E-state index contributed by atoms with van der Waals surface area (Å²) in [5.41, 5.74) is 3.30. The molecule has 22 heavy (non-hydrogen) atoms. The summed E-state index contributed by atoms with van der Waals surface area (Å²) in [5, 5.41) is 3.01. The fourth-order valence-corrected chi connectivity index (χ4v) is 3.43. The van der Waals surface area contributed by atoms with Crippen LogP contribution >= 0.6 is 15.9 Å². The van der Waals surface area contributed by atoms with E-state index >= 15 is 0 Å². The van der Waals surface area contributed by atoms with Gasteiger partial charge in [-0.3, -0.25) is 0 Å². The van der Waals surface area contributed by atoms with Crippen LogP contribution in [0.2, 0.25) is 0 Å². The molecule has 1 aliphatic heterocycles. The molecule has 2 aromatic rings. The largest absolute Gasteiger partial charge is 0.322 e. The molecule has 1 fully saturated rings. The number of carbonyl (C=O) groups excluding carboxylic acids is 1. The Hall–Kier alpha value is -1.81. The summed E-state index contributed by atoms with van der Waals surface area (Å²) < 4.78 is 0.898. The second kappa shape index (κ2) is 6.53. The number of rotatable bonds is 2. The SMILES string of the molecule is Cc1ccccc1C1CCCN1C(=O)Nc1ccccc1Br. The maximum Gasteiger partial charge on any atom is 0.322 e. The third-order valence-electron chi connectivity index (χ3n) is 4.18. The first-order valence-electron chi connectivity index (χ1n) is 7.54. The molecule has 0 aliphatic carbocycles. The Kier molecular flexibility index (Phi) is 4.48. The van der Waals surface area contributed by atoms with Gasteiger partial charge in [0.1, 0.15) is 0 Å². The molecule has 1 N–H and O–H groups in total. The van der Waals surface area contributed by atoms with Gasteiger partial charge in [0.25, 0.3) is 0 Å². The van der Waals surface area contributed by atoms with E-state index in [0.717, 1.165) is 29.5 Å². The van der Waals surface area contributed by atoms with E-state index in [0.29, 0.717) is 0 Å². The van der Waals surface area contributed by atoms with Crippen LogP contribution in [0.5, 0.6) is 0 Å². The van der Waals surface area contributed by atoms with Crippen LogP contribution in [0.1, 0.15) is 30.0 Å². The lowest BCUT2D eigenvalue weighted by Crippen LogP contribution is -2.34. The number of hydrogen-bond acceptors (Lipinski definition) is 1. The summed E-state index contributed by atoms with van der Waals surface area (Å²) in [6.45, 7) is 2.91. The molecule has 1 unspecified atom stereocenters. The van der Waals surface area contributed by atoms with Crippen LogP contribution in [0, 0.1) is 6.92 Å². The zero-order valence-corrected chi connectivity index (χ0v) is 14.1. The highest BCUT2D eigenvalue weighted by molar-refractivity contribution is 9.10. The normalized spacial score (nSPS) is 17.5. The Morgan fingerprint density at radius 3 is 2.68 bits per heavy atom. The monoisotopic (exact) mass is 358 g/mol. The number of likely N-dealkylation sites (tertiary alicyclic amines) is 1. The molecule has 1 heterocycles. The van der Waals surface area contributed by atoms with Crippen LogP contribution in [0.3, 0.4) is 0 Å². The van der Waals surface area contributed by atoms with Crippen molar-refractivity contribution in [2.75, 3.05) is 11.9 Å². The number of benzene rings is 2. The molecule has 2 amide bonds. The predicted octanol–water partition coefficient (Wildman–Crippen LogP) is 5.13. The molecule has 2 aromatic carbocycles. The molecular formula is C18H19BrN2O. The highest BCUT2D eigenvalue weighted by Gasteiger charge is 2.30. The number of anilines is 1. The molecule has 1 atom stereocenters. The second-order valence-corrected chi connectivity index (χ2v) is 6.47. The van der Waals surface area contributed by atoms with E-state index in [4.69, 9.17) is 0 Å². The van der Waals surface area contributed by atoms with Crippen molar-refractivity contribution in [1.82, 2.24) is 4.90 Å². The number of halogens is 1. The first kappa shape index (κ1) is 15.1. The summed E-state index contributed by atoms with van der Waals surface area (Å²) in [6, 6.07) is 16.2. The van der Waals surface area contributed by atoms with Gasteiger partial charge in [0.2, 0.25) is 0 Å². The third kappa shape index (κ3) is 3.02. The van der Waals surface area contributed by atoms with E-state index in [-0.39, 0.29) is 12.1 Å². The first-order valence-corrected chi connectivity index (χ1v) is 8.34. The molecule has 0 saturated carbocycles. The Labute approximate surface area is 139 Å². The smallest absolute Gasteiger partial charge is 0.317 e. The van der Waals surface area contributed by atoms with Crippen LogP contribution in [-0.2, 0) is 0 Å². The van der Waals surface area contributed by atoms with E-state index < -0.39 is 0 Å². The molecule has 114 valence electrons. The maximum atomic E-state index is 12.7. The van der Waals surface area contributed by atoms with Crippen molar-refractivity contribution in [2.24, 2.45) is 0 Å². The second-order valence-electron chi connectivity index (χ2n) is 5.62. The minimum atomic E-state index is -0.0300. The van der Waals surface area contributed by atoms with Crippen molar-refractivity contribution in [2.45, 2.75) is 25.8 Å². The quantitative estimate of drug-likeness (QED) is 0.792. The Bertz CT molecular complexity index is 686. The minimum absolute atomic E-state index is 0.0300. The molecule has 0 radical (unpaired) electrons. The summed E-state index contributed by atoms with van der Waals surface area (Å²) in [6.07, 6.45) is 2.07. The number of para-hydroxylation sites is 1. The van der Waals surface area contributed by atoms with Crippen LogP contribution in [-0.4, -0.2) is 17.5 Å². The van der Waals surface area contributed by atoms with E-state index in [1.165, 1.54) is 11.1 Å². The van der Waals surface area contributed by atoms with Gasteiger partial charge >= 0.3 is 6.03 Å². The summed E-state index contributed by atoms with van der Waals surface area (Å²) in [4.78, 5) is 14.6. The molecule has 0 bridgehead atoms. The summed E-state index contributed by atoms with van der Waals surface area (Å²) in [7, 11) is 0. The molecule has 0 aromatic heterocycles. The van der Waals surface area contributed by atoms with Gasteiger partial charge in [0.05, 0.1) is 11.7 Å². The van der Waals surface area contributed by atoms with E-state index in [9.17, 15) is 4.79 Å². The van der Waals surface area contributed by atoms with Crippen molar-refractivity contribution < 1.29 is 4.79 Å². The molecule has 3 nitrogen and oxygen atoms in total. The highest BCUT2D eigenvalue weighted by Crippen LogP contribution is 2.34. The number of nitrogens with zero attached hydrogens (tertiary/aromatic N) is 1. The standard InChI is InChI=1S/C18H19BrN2O/c1-13-7-2-3-8-14(13)17-11-6-12-21(17)18(22)20-16-10-5-4-9-15(16)19/h2-5,7-10,17H,6,11-12H2,1H3,(H,20,22). The lowest BCUT2D eigenvalue weighted by Gasteiger charge is -2.26. The van der Waals surface area contributed by atoms with Crippen molar-refractivity contribution in [1.29, 1.82) is 0 Å². The number of nitrogens with one attached hydrogen (secondary N) is 1. The lowest BCUT2D eigenvalue weighted by molar-refractivity contribution is 0.207. The fourth-order valence-electron chi connectivity index (χ4n) is 3.04.